The van der Waals surface area contributed by atoms with E-state index in [-0.39, 0.29) is 11.9 Å². The van der Waals surface area contributed by atoms with Gasteiger partial charge in [-0.15, -0.1) is 0 Å². The molecule has 0 aromatic carbocycles. The second kappa shape index (κ2) is 4.70. The Morgan fingerprint density at radius 1 is 1.44 bits per heavy atom. The lowest BCUT2D eigenvalue weighted by Crippen LogP contribution is -2.44. The van der Waals surface area contributed by atoms with E-state index in [1.807, 2.05) is 0 Å². The quantitative estimate of drug-likeness (QED) is 0.800. The topological polar surface area (TPSA) is 62.5 Å². The number of aryl methyl sites for hydroxylation is 1. The molecule has 0 radical (unpaired) electrons. The van der Waals surface area contributed by atoms with Gasteiger partial charge in [-0.2, -0.15) is 0 Å². The van der Waals surface area contributed by atoms with Crippen LogP contribution >= 0.6 is 0 Å². The maximum Gasteiger partial charge on any atom is 0.287 e. The Kier molecular flexibility index (Phi) is 3.29. The molecule has 2 rings (SSSR count). The lowest BCUT2D eigenvalue weighted by Gasteiger charge is -2.27. The van der Waals surface area contributed by atoms with Gasteiger partial charge in [0.05, 0.1) is 12.1 Å². The van der Waals surface area contributed by atoms with Crippen molar-refractivity contribution in [1.82, 2.24) is 5.32 Å². The first-order valence-electron chi connectivity index (χ1n) is 5.72. The van der Waals surface area contributed by atoms with Crippen LogP contribution in [0, 0.1) is 6.92 Å². The van der Waals surface area contributed by atoms with Crippen molar-refractivity contribution in [1.29, 1.82) is 0 Å². The summed E-state index contributed by atoms with van der Waals surface area (Å²) < 4.78 is 5.23. The molecule has 4 heteroatoms. The van der Waals surface area contributed by atoms with Gasteiger partial charge in [-0.1, -0.05) is 12.8 Å². The maximum absolute atomic E-state index is 11.8. The van der Waals surface area contributed by atoms with E-state index in [9.17, 15) is 9.90 Å². The second-order valence-electron chi connectivity index (χ2n) is 4.34. The largest absolute Gasteiger partial charge is 0.456 e. The number of aliphatic hydroxyl groups is 1. The number of carbonyl (C=O) groups excluding carboxylic acids is 1. The van der Waals surface area contributed by atoms with Crippen molar-refractivity contribution in [3.05, 3.63) is 23.7 Å². The maximum atomic E-state index is 11.8. The van der Waals surface area contributed by atoms with Crippen molar-refractivity contribution in [2.75, 3.05) is 0 Å². The van der Waals surface area contributed by atoms with Crippen LogP contribution in [-0.4, -0.2) is 23.2 Å². The highest BCUT2D eigenvalue weighted by Gasteiger charge is 2.25. The highest BCUT2D eigenvalue weighted by atomic mass is 16.3. The summed E-state index contributed by atoms with van der Waals surface area (Å²) in [5.41, 5.74) is 0. The Morgan fingerprint density at radius 3 is 2.81 bits per heavy atom. The van der Waals surface area contributed by atoms with E-state index < -0.39 is 6.10 Å². The van der Waals surface area contributed by atoms with Crippen LogP contribution in [0.3, 0.4) is 0 Å². The van der Waals surface area contributed by atoms with E-state index in [1.54, 1.807) is 19.1 Å². The van der Waals surface area contributed by atoms with Crippen molar-refractivity contribution in [2.24, 2.45) is 0 Å². The van der Waals surface area contributed by atoms with Crippen molar-refractivity contribution in [3.63, 3.8) is 0 Å². The van der Waals surface area contributed by atoms with Crippen LogP contribution in [0.5, 0.6) is 0 Å². The molecule has 0 aliphatic heterocycles. The minimum absolute atomic E-state index is 0.133. The standard InChI is InChI=1S/C12H17NO3/c1-8-6-7-11(16-8)12(15)13-9-4-2-3-5-10(9)14/h6-7,9-10,14H,2-5H2,1H3,(H,13,15)/t9-,10-/m1/s1. The Bertz CT molecular complexity index is 372. The molecular formula is C12H17NO3. The van der Waals surface area contributed by atoms with E-state index in [2.05, 4.69) is 5.32 Å². The third-order valence-electron chi connectivity index (χ3n) is 3.01. The lowest BCUT2D eigenvalue weighted by atomic mass is 9.92. The van der Waals surface area contributed by atoms with Gasteiger partial charge in [0.1, 0.15) is 5.76 Å². The van der Waals surface area contributed by atoms with Crippen LogP contribution in [0.1, 0.15) is 42.0 Å². The minimum Gasteiger partial charge on any atom is -0.456 e. The monoisotopic (exact) mass is 223 g/mol. The summed E-state index contributed by atoms with van der Waals surface area (Å²) in [4.78, 5) is 11.8. The first kappa shape index (κ1) is 11.2. The molecule has 1 aromatic rings. The van der Waals surface area contributed by atoms with Crippen molar-refractivity contribution < 1.29 is 14.3 Å². The highest BCUT2D eigenvalue weighted by Crippen LogP contribution is 2.19. The van der Waals surface area contributed by atoms with Gasteiger partial charge in [0.25, 0.3) is 5.91 Å². The lowest BCUT2D eigenvalue weighted by molar-refractivity contribution is 0.0697. The van der Waals surface area contributed by atoms with Gasteiger partial charge in [-0.25, -0.2) is 0 Å². The zero-order valence-corrected chi connectivity index (χ0v) is 9.40. The van der Waals surface area contributed by atoms with Gasteiger partial charge < -0.3 is 14.8 Å². The van der Waals surface area contributed by atoms with Gasteiger partial charge in [0, 0.05) is 0 Å². The molecule has 16 heavy (non-hydrogen) atoms. The third kappa shape index (κ3) is 2.44. The predicted molar refractivity (Wildman–Crippen MR) is 59.2 cm³/mol. The van der Waals surface area contributed by atoms with Crippen molar-refractivity contribution in [2.45, 2.75) is 44.8 Å². The Morgan fingerprint density at radius 2 is 2.19 bits per heavy atom. The summed E-state index contributed by atoms with van der Waals surface area (Å²) in [5.74, 6) is 0.795. The first-order chi connectivity index (χ1) is 7.66. The smallest absolute Gasteiger partial charge is 0.287 e. The average molecular weight is 223 g/mol. The predicted octanol–water partition coefficient (Wildman–Crippen LogP) is 1.62. The van der Waals surface area contributed by atoms with Crippen LogP contribution < -0.4 is 5.32 Å². The number of aliphatic hydroxyl groups excluding tert-OH is 1. The molecule has 1 heterocycles. The second-order valence-corrected chi connectivity index (χ2v) is 4.34. The number of hydrogen-bond acceptors (Lipinski definition) is 3. The molecule has 1 saturated carbocycles. The number of nitrogens with one attached hydrogen (secondary N) is 1. The number of rotatable bonds is 2. The van der Waals surface area contributed by atoms with Crippen molar-refractivity contribution in [3.8, 4) is 0 Å². The fraction of sp³-hybridized carbons (Fsp3) is 0.583. The van der Waals surface area contributed by atoms with Gasteiger partial charge in [0.15, 0.2) is 5.76 Å². The molecule has 2 N–H and O–H groups in total. The molecule has 0 saturated heterocycles. The van der Waals surface area contributed by atoms with E-state index in [0.717, 1.165) is 25.7 Å². The fourth-order valence-corrected chi connectivity index (χ4v) is 2.08. The molecule has 2 atom stereocenters. The van der Waals surface area contributed by atoms with Crippen LogP contribution in [0.4, 0.5) is 0 Å². The minimum atomic E-state index is -0.422. The normalized spacial score (nSPS) is 25.4. The molecule has 0 spiro atoms. The van der Waals surface area contributed by atoms with E-state index in [1.165, 1.54) is 0 Å². The Hall–Kier alpha value is -1.29. The van der Waals surface area contributed by atoms with E-state index in [0.29, 0.717) is 11.5 Å². The molecular weight excluding hydrogens is 206 g/mol. The molecule has 0 bridgehead atoms. The first-order valence-corrected chi connectivity index (χ1v) is 5.72. The Balaban J connectivity index is 1.96. The van der Waals surface area contributed by atoms with Crippen LogP contribution in [-0.2, 0) is 0 Å². The number of carbonyl (C=O) groups is 1. The third-order valence-corrected chi connectivity index (χ3v) is 3.01. The molecule has 0 unspecified atom stereocenters. The van der Waals surface area contributed by atoms with Gasteiger partial charge in [-0.3, -0.25) is 4.79 Å². The highest BCUT2D eigenvalue weighted by molar-refractivity contribution is 5.91. The van der Waals surface area contributed by atoms with Gasteiger partial charge in [0.2, 0.25) is 0 Å². The zero-order valence-electron chi connectivity index (χ0n) is 9.40. The van der Waals surface area contributed by atoms with E-state index in [4.69, 9.17) is 4.42 Å². The molecule has 1 aliphatic rings. The Labute approximate surface area is 94.6 Å². The molecule has 1 aromatic heterocycles. The van der Waals surface area contributed by atoms with Crippen LogP contribution in [0.15, 0.2) is 16.5 Å². The van der Waals surface area contributed by atoms with Crippen molar-refractivity contribution >= 4 is 5.91 Å². The van der Waals surface area contributed by atoms with Gasteiger partial charge >= 0.3 is 0 Å². The summed E-state index contributed by atoms with van der Waals surface area (Å²) in [6.45, 7) is 1.80. The SMILES string of the molecule is Cc1ccc(C(=O)N[C@@H]2CCCC[C@H]2O)o1. The molecule has 1 fully saturated rings. The molecule has 88 valence electrons. The summed E-state index contributed by atoms with van der Waals surface area (Å²) in [6.07, 6.45) is 3.27. The summed E-state index contributed by atoms with van der Waals surface area (Å²) in [7, 11) is 0. The average Bonchev–Trinajstić information content (AvgIpc) is 2.68. The van der Waals surface area contributed by atoms with Crippen LogP contribution in [0.25, 0.3) is 0 Å². The molecule has 4 nitrogen and oxygen atoms in total. The fourth-order valence-electron chi connectivity index (χ4n) is 2.08. The zero-order chi connectivity index (χ0) is 11.5. The number of amides is 1. The molecule has 1 aliphatic carbocycles. The molecule has 1 amide bonds. The summed E-state index contributed by atoms with van der Waals surface area (Å²) in [6, 6.07) is 3.28. The van der Waals surface area contributed by atoms with Crippen LogP contribution in [0.2, 0.25) is 0 Å². The van der Waals surface area contributed by atoms with E-state index >= 15 is 0 Å². The number of hydrogen-bond donors (Lipinski definition) is 2. The number of furan rings is 1. The van der Waals surface area contributed by atoms with Gasteiger partial charge in [-0.05, 0) is 31.9 Å². The summed E-state index contributed by atoms with van der Waals surface area (Å²) >= 11 is 0. The summed E-state index contributed by atoms with van der Waals surface area (Å²) in [5, 5.41) is 12.5.